The molecular formula is C8H18N2O2. The molecule has 5 N–H and O–H groups in total. The minimum Gasteiger partial charge on any atom is -0.481 e. The highest BCUT2D eigenvalue weighted by Gasteiger charge is 2.21. The van der Waals surface area contributed by atoms with Gasteiger partial charge in [-0.2, -0.15) is 0 Å². The van der Waals surface area contributed by atoms with E-state index >= 15 is 0 Å². The smallest absolute Gasteiger partial charge is 0.303 e. The molecule has 4 nitrogen and oxygen atoms in total. The van der Waals surface area contributed by atoms with Crippen molar-refractivity contribution < 1.29 is 9.90 Å². The van der Waals surface area contributed by atoms with Gasteiger partial charge >= 0.3 is 5.97 Å². The number of aliphatic carboxylic acids is 1. The molecule has 0 aromatic rings. The standard InChI is InChI=1S/C8H18N2O2/c1-5(2)8(10)6(4-9)3-7(11)12/h5-6,8H,3-4,9-10H2,1-2H3,(H,11,12)/t6-,8-/m0/s1. The number of carboxylic acids is 1. The number of carboxylic acid groups (broad SMARTS) is 1. The monoisotopic (exact) mass is 174 g/mol. The average Bonchev–Trinajstić information content (AvgIpc) is 1.98. The number of carbonyl (C=O) groups is 1. The maximum atomic E-state index is 10.4. The Kier molecular flexibility index (Phi) is 4.85. The largest absolute Gasteiger partial charge is 0.481 e. The maximum Gasteiger partial charge on any atom is 0.303 e. The lowest BCUT2D eigenvalue weighted by molar-refractivity contribution is -0.138. The van der Waals surface area contributed by atoms with Crippen LogP contribution in [0.1, 0.15) is 20.3 Å². The van der Waals surface area contributed by atoms with E-state index in [0.29, 0.717) is 6.54 Å². The van der Waals surface area contributed by atoms with E-state index < -0.39 is 5.97 Å². The molecule has 0 heterocycles. The molecule has 0 aromatic heterocycles. The molecule has 0 amide bonds. The topological polar surface area (TPSA) is 89.3 Å². The normalized spacial score (nSPS) is 16.1. The maximum absolute atomic E-state index is 10.4. The molecule has 0 unspecified atom stereocenters. The van der Waals surface area contributed by atoms with Crippen LogP contribution in [0, 0.1) is 11.8 Å². The van der Waals surface area contributed by atoms with Crippen molar-refractivity contribution in [3.8, 4) is 0 Å². The Morgan fingerprint density at radius 3 is 2.25 bits per heavy atom. The molecular weight excluding hydrogens is 156 g/mol. The van der Waals surface area contributed by atoms with E-state index in [9.17, 15) is 4.79 Å². The van der Waals surface area contributed by atoms with Gasteiger partial charge in [-0.25, -0.2) is 0 Å². The first-order chi connectivity index (χ1) is 5.49. The molecule has 72 valence electrons. The predicted octanol–water partition coefficient (Wildman–Crippen LogP) is 0.0193. The molecule has 0 aliphatic rings. The van der Waals surface area contributed by atoms with Crippen molar-refractivity contribution in [3.05, 3.63) is 0 Å². The summed E-state index contributed by atoms with van der Waals surface area (Å²) < 4.78 is 0. The first-order valence-corrected chi connectivity index (χ1v) is 4.16. The first kappa shape index (κ1) is 11.4. The molecule has 2 atom stereocenters. The number of hydrogen-bond donors (Lipinski definition) is 3. The highest BCUT2D eigenvalue weighted by Crippen LogP contribution is 2.12. The van der Waals surface area contributed by atoms with Gasteiger partial charge in [0.05, 0.1) is 6.42 Å². The van der Waals surface area contributed by atoms with Crippen LogP contribution in [0.5, 0.6) is 0 Å². The lowest BCUT2D eigenvalue weighted by atomic mass is 9.89. The van der Waals surface area contributed by atoms with Gasteiger partial charge in [-0.1, -0.05) is 13.8 Å². The Hall–Kier alpha value is -0.610. The summed E-state index contributed by atoms with van der Waals surface area (Å²) in [4.78, 5) is 10.4. The average molecular weight is 174 g/mol. The van der Waals surface area contributed by atoms with Crippen molar-refractivity contribution in [3.63, 3.8) is 0 Å². The summed E-state index contributed by atoms with van der Waals surface area (Å²) in [6.45, 7) is 4.27. The van der Waals surface area contributed by atoms with Crippen molar-refractivity contribution in [1.82, 2.24) is 0 Å². The van der Waals surface area contributed by atoms with E-state index in [1.807, 2.05) is 13.8 Å². The fourth-order valence-corrected chi connectivity index (χ4v) is 1.15. The van der Waals surface area contributed by atoms with Crippen LogP contribution in [-0.2, 0) is 4.79 Å². The summed E-state index contributed by atoms with van der Waals surface area (Å²) in [5, 5.41) is 8.53. The van der Waals surface area contributed by atoms with Gasteiger partial charge in [0, 0.05) is 6.04 Å². The van der Waals surface area contributed by atoms with E-state index in [1.54, 1.807) is 0 Å². The van der Waals surface area contributed by atoms with Crippen LogP contribution in [0.25, 0.3) is 0 Å². The molecule has 0 bridgehead atoms. The molecule has 0 saturated carbocycles. The predicted molar refractivity (Wildman–Crippen MR) is 47.6 cm³/mol. The summed E-state index contributed by atoms with van der Waals surface area (Å²) in [6.07, 6.45) is 0.0653. The quantitative estimate of drug-likeness (QED) is 0.548. The Balaban J connectivity index is 4.04. The van der Waals surface area contributed by atoms with Crippen LogP contribution in [0.15, 0.2) is 0 Å². The zero-order chi connectivity index (χ0) is 9.72. The Morgan fingerprint density at radius 2 is 2.00 bits per heavy atom. The lowest BCUT2D eigenvalue weighted by Gasteiger charge is -2.23. The Bertz CT molecular complexity index is 148. The van der Waals surface area contributed by atoms with Gasteiger partial charge in [0.15, 0.2) is 0 Å². The van der Waals surface area contributed by atoms with Gasteiger partial charge in [0.1, 0.15) is 0 Å². The van der Waals surface area contributed by atoms with Gasteiger partial charge in [-0.05, 0) is 18.4 Å². The van der Waals surface area contributed by atoms with Gasteiger partial charge in [-0.3, -0.25) is 4.79 Å². The van der Waals surface area contributed by atoms with Gasteiger partial charge in [0.25, 0.3) is 0 Å². The number of nitrogens with two attached hydrogens (primary N) is 2. The highest BCUT2D eigenvalue weighted by atomic mass is 16.4. The molecule has 0 aliphatic heterocycles. The van der Waals surface area contributed by atoms with Crippen LogP contribution < -0.4 is 11.5 Å². The van der Waals surface area contributed by atoms with Crippen molar-refractivity contribution in [1.29, 1.82) is 0 Å². The molecule has 0 aliphatic carbocycles. The second-order valence-electron chi connectivity index (χ2n) is 3.42. The number of hydrogen-bond acceptors (Lipinski definition) is 3. The molecule has 0 rings (SSSR count). The summed E-state index contributed by atoms with van der Waals surface area (Å²) in [7, 11) is 0. The van der Waals surface area contributed by atoms with Crippen molar-refractivity contribution >= 4 is 5.97 Å². The van der Waals surface area contributed by atoms with Crippen LogP contribution in [0.4, 0.5) is 0 Å². The SMILES string of the molecule is CC(C)[C@H](N)[C@H](CN)CC(=O)O. The lowest BCUT2D eigenvalue weighted by Crippen LogP contribution is -2.40. The fourth-order valence-electron chi connectivity index (χ4n) is 1.15. The third-order valence-corrected chi connectivity index (χ3v) is 2.05. The highest BCUT2D eigenvalue weighted by molar-refractivity contribution is 5.67. The third-order valence-electron chi connectivity index (χ3n) is 2.05. The van der Waals surface area contributed by atoms with E-state index in [4.69, 9.17) is 16.6 Å². The molecule has 0 aromatic carbocycles. The summed E-state index contributed by atoms with van der Waals surface area (Å²) in [5.41, 5.74) is 11.2. The Morgan fingerprint density at radius 1 is 1.50 bits per heavy atom. The summed E-state index contributed by atoms with van der Waals surface area (Å²) >= 11 is 0. The van der Waals surface area contributed by atoms with Crippen molar-refractivity contribution in [2.24, 2.45) is 23.3 Å². The van der Waals surface area contributed by atoms with E-state index in [1.165, 1.54) is 0 Å². The summed E-state index contributed by atoms with van der Waals surface area (Å²) in [6, 6.07) is -0.119. The molecule has 0 saturated heterocycles. The molecule has 4 heteroatoms. The van der Waals surface area contributed by atoms with E-state index in [0.717, 1.165) is 0 Å². The Labute approximate surface area is 72.9 Å². The van der Waals surface area contributed by atoms with Gasteiger partial charge in [0.2, 0.25) is 0 Å². The minimum atomic E-state index is -0.832. The first-order valence-electron chi connectivity index (χ1n) is 4.16. The van der Waals surface area contributed by atoms with Crippen LogP contribution in [-0.4, -0.2) is 23.7 Å². The van der Waals surface area contributed by atoms with E-state index in [2.05, 4.69) is 0 Å². The molecule has 0 radical (unpaired) electrons. The zero-order valence-electron chi connectivity index (χ0n) is 7.66. The van der Waals surface area contributed by atoms with E-state index in [-0.39, 0.29) is 24.3 Å². The van der Waals surface area contributed by atoms with Crippen LogP contribution >= 0.6 is 0 Å². The molecule has 0 fully saturated rings. The van der Waals surface area contributed by atoms with Crippen molar-refractivity contribution in [2.45, 2.75) is 26.3 Å². The third kappa shape index (κ3) is 3.69. The summed E-state index contributed by atoms with van der Waals surface area (Å²) in [5.74, 6) is -0.665. The van der Waals surface area contributed by atoms with Gasteiger partial charge < -0.3 is 16.6 Å². The number of rotatable bonds is 5. The fraction of sp³-hybridized carbons (Fsp3) is 0.875. The van der Waals surface area contributed by atoms with Crippen molar-refractivity contribution in [2.75, 3.05) is 6.54 Å². The van der Waals surface area contributed by atoms with Crippen LogP contribution in [0.2, 0.25) is 0 Å². The van der Waals surface area contributed by atoms with Crippen LogP contribution in [0.3, 0.4) is 0 Å². The second-order valence-corrected chi connectivity index (χ2v) is 3.42. The van der Waals surface area contributed by atoms with Gasteiger partial charge in [-0.15, -0.1) is 0 Å². The molecule has 0 spiro atoms. The minimum absolute atomic E-state index is 0.0653. The molecule has 12 heavy (non-hydrogen) atoms. The zero-order valence-corrected chi connectivity index (χ0v) is 7.66. The second kappa shape index (κ2) is 5.11.